The summed E-state index contributed by atoms with van der Waals surface area (Å²) in [5, 5.41) is 11.4. The smallest absolute Gasteiger partial charge is 0.300 e. The zero-order chi connectivity index (χ0) is 27.4. The molecule has 4 rings (SSSR count). The molecular weight excluding hydrogens is 482 g/mol. The Kier molecular flexibility index (Phi) is 8.05. The summed E-state index contributed by atoms with van der Waals surface area (Å²) in [7, 11) is 3.03. The van der Waals surface area contributed by atoms with Crippen LogP contribution in [0.3, 0.4) is 0 Å². The minimum atomic E-state index is -0.837. The first-order chi connectivity index (χ1) is 18.3. The number of benzene rings is 3. The van der Waals surface area contributed by atoms with Crippen molar-refractivity contribution < 1.29 is 28.9 Å². The molecule has 0 radical (unpaired) electrons. The number of aliphatic hydroxyl groups excluding tert-OH is 1. The fourth-order valence-electron chi connectivity index (χ4n) is 4.45. The normalized spacial score (nSPS) is 16.7. The summed E-state index contributed by atoms with van der Waals surface area (Å²) in [4.78, 5) is 28.3. The van der Waals surface area contributed by atoms with Crippen LogP contribution in [0.25, 0.3) is 5.76 Å². The molecule has 1 aliphatic rings. The second-order valence-corrected chi connectivity index (χ2v) is 9.53. The molecule has 0 aliphatic carbocycles. The molecule has 0 spiro atoms. The Hall–Kier alpha value is -4.26. The zero-order valence-electron chi connectivity index (χ0n) is 22.4. The highest BCUT2D eigenvalue weighted by atomic mass is 16.5. The number of carbonyl (C=O) groups is 2. The first-order valence-electron chi connectivity index (χ1n) is 12.6. The van der Waals surface area contributed by atoms with E-state index in [1.54, 1.807) is 42.5 Å². The number of Topliss-reactive ketones (excluding diaryl/α,β-unsaturated/α-hetero) is 1. The van der Waals surface area contributed by atoms with E-state index in [0.717, 1.165) is 12.0 Å². The van der Waals surface area contributed by atoms with Crippen molar-refractivity contribution in [2.75, 3.05) is 25.7 Å². The number of nitrogens with zero attached hydrogens (tertiary/aromatic N) is 1. The van der Waals surface area contributed by atoms with Gasteiger partial charge in [0.2, 0.25) is 0 Å². The fourth-order valence-corrected chi connectivity index (χ4v) is 4.45. The monoisotopic (exact) mass is 515 g/mol. The Morgan fingerprint density at radius 3 is 2.16 bits per heavy atom. The largest absolute Gasteiger partial charge is 0.507 e. The maximum atomic E-state index is 13.5. The van der Waals surface area contributed by atoms with Crippen molar-refractivity contribution in [2.24, 2.45) is 5.92 Å². The van der Waals surface area contributed by atoms with E-state index >= 15 is 0 Å². The lowest BCUT2D eigenvalue weighted by atomic mass is 9.94. The maximum absolute atomic E-state index is 13.5. The third-order valence-electron chi connectivity index (χ3n) is 6.50. The highest BCUT2D eigenvalue weighted by molar-refractivity contribution is 6.51. The Bertz CT molecular complexity index is 1340. The van der Waals surface area contributed by atoms with Gasteiger partial charge in [-0.3, -0.25) is 14.5 Å². The van der Waals surface area contributed by atoms with Gasteiger partial charge < -0.3 is 19.3 Å². The predicted octanol–water partition coefficient (Wildman–Crippen LogP) is 5.93. The summed E-state index contributed by atoms with van der Waals surface area (Å²) >= 11 is 0. The second kappa shape index (κ2) is 11.4. The van der Waals surface area contributed by atoms with Gasteiger partial charge in [-0.2, -0.15) is 0 Å². The predicted molar refractivity (Wildman–Crippen MR) is 147 cm³/mol. The van der Waals surface area contributed by atoms with E-state index in [1.165, 1.54) is 19.1 Å². The van der Waals surface area contributed by atoms with Gasteiger partial charge in [0.25, 0.3) is 11.7 Å². The lowest BCUT2D eigenvalue weighted by molar-refractivity contribution is -0.132. The third kappa shape index (κ3) is 5.23. The molecule has 1 atom stereocenters. The minimum Gasteiger partial charge on any atom is -0.507 e. The van der Waals surface area contributed by atoms with Crippen LogP contribution in [0.1, 0.15) is 43.5 Å². The molecule has 1 heterocycles. The topological polar surface area (TPSA) is 85.3 Å². The van der Waals surface area contributed by atoms with Crippen molar-refractivity contribution >= 4 is 23.1 Å². The maximum Gasteiger partial charge on any atom is 0.300 e. The van der Waals surface area contributed by atoms with Gasteiger partial charge in [-0.05, 0) is 59.9 Å². The lowest BCUT2D eigenvalue weighted by Gasteiger charge is -2.26. The Morgan fingerprint density at radius 1 is 0.921 bits per heavy atom. The minimum absolute atomic E-state index is 0.0184. The van der Waals surface area contributed by atoms with Gasteiger partial charge in [-0.1, -0.05) is 45.0 Å². The first kappa shape index (κ1) is 26.8. The van der Waals surface area contributed by atoms with Crippen LogP contribution >= 0.6 is 0 Å². The van der Waals surface area contributed by atoms with Crippen molar-refractivity contribution in [1.82, 2.24) is 0 Å². The molecular formula is C31H33NO6. The standard InChI is InChI=1S/C31H33NO6/c1-6-20-7-9-21(10-8-20)28-27(29(33)22-11-14-24(15-12-22)38-18-19(2)3)30(34)31(35)32(28)23-13-16-25(36-4)26(17-23)37-5/h7-17,19,28,33H,6,18H2,1-5H3/b29-27+. The average Bonchev–Trinajstić information content (AvgIpc) is 3.21. The number of methoxy groups -OCH3 is 2. The van der Waals surface area contributed by atoms with Gasteiger partial charge in [0, 0.05) is 17.3 Å². The van der Waals surface area contributed by atoms with E-state index in [9.17, 15) is 14.7 Å². The lowest BCUT2D eigenvalue weighted by Crippen LogP contribution is -2.29. The van der Waals surface area contributed by atoms with Crippen LogP contribution < -0.4 is 19.1 Å². The number of carbonyl (C=O) groups excluding carboxylic acids is 2. The van der Waals surface area contributed by atoms with E-state index in [0.29, 0.717) is 46.6 Å². The first-order valence-corrected chi connectivity index (χ1v) is 12.6. The van der Waals surface area contributed by atoms with E-state index in [-0.39, 0.29) is 11.3 Å². The van der Waals surface area contributed by atoms with E-state index in [4.69, 9.17) is 14.2 Å². The van der Waals surface area contributed by atoms with Crippen molar-refractivity contribution in [2.45, 2.75) is 33.2 Å². The highest BCUT2D eigenvalue weighted by Gasteiger charge is 2.47. The Morgan fingerprint density at radius 2 is 1.58 bits per heavy atom. The number of amides is 1. The van der Waals surface area contributed by atoms with Crippen LogP contribution in [0.2, 0.25) is 0 Å². The van der Waals surface area contributed by atoms with Gasteiger partial charge in [-0.25, -0.2) is 0 Å². The molecule has 1 saturated heterocycles. The molecule has 1 unspecified atom stereocenters. The van der Waals surface area contributed by atoms with Crippen LogP contribution in [0.5, 0.6) is 17.2 Å². The van der Waals surface area contributed by atoms with Crippen LogP contribution in [-0.2, 0) is 16.0 Å². The van der Waals surface area contributed by atoms with Gasteiger partial charge in [0.1, 0.15) is 11.5 Å². The average molecular weight is 516 g/mol. The molecule has 1 fully saturated rings. The molecule has 0 aromatic heterocycles. The van der Waals surface area contributed by atoms with Crippen molar-refractivity contribution in [3.63, 3.8) is 0 Å². The van der Waals surface area contributed by atoms with Crippen LogP contribution in [0.4, 0.5) is 5.69 Å². The quantitative estimate of drug-likeness (QED) is 0.216. The number of ether oxygens (including phenoxy) is 3. The molecule has 1 amide bonds. The number of ketones is 1. The fraction of sp³-hybridized carbons (Fsp3) is 0.290. The summed E-state index contributed by atoms with van der Waals surface area (Å²) < 4.78 is 16.5. The van der Waals surface area contributed by atoms with E-state index in [2.05, 4.69) is 20.8 Å². The summed E-state index contributed by atoms with van der Waals surface area (Å²) in [5.41, 5.74) is 2.71. The third-order valence-corrected chi connectivity index (χ3v) is 6.50. The van der Waals surface area contributed by atoms with E-state index < -0.39 is 17.7 Å². The second-order valence-electron chi connectivity index (χ2n) is 9.53. The number of hydrogen-bond donors (Lipinski definition) is 1. The highest BCUT2D eigenvalue weighted by Crippen LogP contribution is 2.44. The molecule has 3 aromatic rings. The Balaban J connectivity index is 1.84. The molecule has 38 heavy (non-hydrogen) atoms. The molecule has 7 heteroatoms. The summed E-state index contributed by atoms with van der Waals surface area (Å²) in [6.07, 6.45) is 0.849. The van der Waals surface area contributed by atoms with Gasteiger partial charge >= 0.3 is 0 Å². The van der Waals surface area contributed by atoms with Crippen LogP contribution in [-0.4, -0.2) is 37.6 Å². The van der Waals surface area contributed by atoms with Crippen LogP contribution in [0, 0.1) is 5.92 Å². The van der Waals surface area contributed by atoms with Gasteiger partial charge in [0.15, 0.2) is 11.5 Å². The number of aryl methyl sites for hydroxylation is 1. The molecule has 7 nitrogen and oxygen atoms in total. The molecule has 3 aromatic carbocycles. The van der Waals surface area contributed by atoms with E-state index in [1.807, 2.05) is 24.3 Å². The number of rotatable bonds is 9. The van der Waals surface area contributed by atoms with Crippen molar-refractivity contribution in [3.05, 3.63) is 89.0 Å². The molecule has 1 N–H and O–H groups in total. The van der Waals surface area contributed by atoms with Crippen molar-refractivity contribution in [1.29, 1.82) is 0 Å². The number of anilines is 1. The molecule has 1 aliphatic heterocycles. The van der Waals surface area contributed by atoms with Crippen molar-refractivity contribution in [3.8, 4) is 17.2 Å². The summed E-state index contributed by atoms with van der Waals surface area (Å²) in [5.74, 6) is 0.205. The molecule has 0 bridgehead atoms. The number of hydrogen-bond acceptors (Lipinski definition) is 6. The zero-order valence-corrected chi connectivity index (χ0v) is 22.4. The van der Waals surface area contributed by atoms with Crippen LogP contribution in [0.15, 0.2) is 72.3 Å². The summed E-state index contributed by atoms with van der Waals surface area (Å²) in [6, 6.07) is 18.8. The SMILES string of the molecule is CCc1ccc(C2/C(=C(\O)c3ccc(OCC(C)C)cc3)C(=O)C(=O)N2c2ccc(OC)c(OC)c2)cc1. The van der Waals surface area contributed by atoms with Gasteiger partial charge in [0.05, 0.1) is 32.4 Å². The van der Waals surface area contributed by atoms with Gasteiger partial charge in [-0.15, -0.1) is 0 Å². The molecule has 198 valence electrons. The molecule has 0 saturated carbocycles. The summed E-state index contributed by atoms with van der Waals surface area (Å²) in [6.45, 7) is 6.74. The number of aliphatic hydroxyl groups is 1. The Labute approximate surface area is 223 Å².